The van der Waals surface area contributed by atoms with Crippen LogP contribution in [0.25, 0.3) is 0 Å². The van der Waals surface area contributed by atoms with E-state index in [4.69, 9.17) is 0 Å². The van der Waals surface area contributed by atoms with Crippen LogP contribution < -0.4 is 4.90 Å². The first-order valence-corrected chi connectivity index (χ1v) is 7.45. The smallest absolute Gasteiger partial charge is 0.110 e. The van der Waals surface area contributed by atoms with Crippen molar-refractivity contribution in [1.82, 2.24) is 4.98 Å². The van der Waals surface area contributed by atoms with Gasteiger partial charge >= 0.3 is 0 Å². The van der Waals surface area contributed by atoms with Crippen molar-refractivity contribution in [1.29, 1.82) is 0 Å². The monoisotopic (exact) mass is 302 g/mol. The van der Waals surface area contributed by atoms with Crippen LogP contribution in [0.3, 0.4) is 0 Å². The highest BCUT2D eigenvalue weighted by atomic mass is 15.2. The van der Waals surface area contributed by atoms with Gasteiger partial charge in [-0.3, -0.25) is 4.98 Å². The Hall–Kier alpha value is -3.01. The molecular formula is C19H18N4. The number of para-hydroxylation sites is 1. The molecule has 0 amide bonds. The van der Waals surface area contributed by atoms with Crippen LogP contribution in [-0.2, 0) is 0 Å². The van der Waals surface area contributed by atoms with E-state index >= 15 is 0 Å². The topological polar surface area (TPSA) is 40.9 Å². The maximum Gasteiger partial charge on any atom is 0.110 e. The molecule has 4 nitrogen and oxygen atoms in total. The Morgan fingerprint density at radius 2 is 1.74 bits per heavy atom. The van der Waals surface area contributed by atoms with Gasteiger partial charge in [0.05, 0.1) is 11.9 Å². The van der Waals surface area contributed by atoms with Crippen molar-refractivity contribution in [2.24, 2.45) is 10.2 Å². The van der Waals surface area contributed by atoms with Gasteiger partial charge in [0.2, 0.25) is 0 Å². The molecule has 0 bridgehead atoms. The Balaban J connectivity index is 1.97. The van der Waals surface area contributed by atoms with E-state index < -0.39 is 0 Å². The first-order chi connectivity index (χ1) is 11.2. The van der Waals surface area contributed by atoms with Crippen molar-refractivity contribution in [3.8, 4) is 0 Å². The first kappa shape index (κ1) is 14.9. The molecular weight excluding hydrogens is 284 g/mol. The van der Waals surface area contributed by atoms with E-state index in [1.165, 1.54) is 0 Å². The van der Waals surface area contributed by atoms with Crippen LogP contribution >= 0.6 is 0 Å². The normalized spacial score (nSPS) is 10.9. The second-order valence-corrected chi connectivity index (χ2v) is 5.30. The minimum absolute atomic E-state index is 0.738. The maximum atomic E-state index is 4.43. The minimum Gasteiger partial charge on any atom is -0.343 e. The third-order valence-corrected chi connectivity index (χ3v) is 3.55. The summed E-state index contributed by atoms with van der Waals surface area (Å²) < 4.78 is 0. The molecule has 0 atom stereocenters. The summed E-state index contributed by atoms with van der Waals surface area (Å²) >= 11 is 0. The van der Waals surface area contributed by atoms with E-state index in [-0.39, 0.29) is 0 Å². The van der Waals surface area contributed by atoms with Crippen LogP contribution in [0.5, 0.6) is 0 Å². The van der Waals surface area contributed by atoms with E-state index in [0.29, 0.717) is 0 Å². The summed E-state index contributed by atoms with van der Waals surface area (Å²) in [5.41, 5.74) is 4.83. The Kier molecular flexibility index (Phi) is 4.43. The van der Waals surface area contributed by atoms with E-state index in [1.54, 1.807) is 12.4 Å². The Morgan fingerprint density at radius 1 is 0.913 bits per heavy atom. The van der Waals surface area contributed by atoms with Gasteiger partial charge in [-0.2, -0.15) is 0 Å². The van der Waals surface area contributed by atoms with Gasteiger partial charge in [0.1, 0.15) is 11.4 Å². The molecule has 0 spiro atoms. The van der Waals surface area contributed by atoms with Gasteiger partial charge < -0.3 is 4.90 Å². The highest BCUT2D eigenvalue weighted by Gasteiger charge is 2.09. The van der Waals surface area contributed by atoms with Gasteiger partial charge in [-0.1, -0.05) is 24.3 Å². The van der Waals surface area contributed by atoms with Crippen molar-refractivity contribution in [3.63, 3.8) is 0 Å². The lowest BCUT2D eigenvalue weighted by Crippen LogP contribution is -2.09. The zero-order chi connectivity index (χ0) is 16.1. The van der Waals surface area contributed by atoms with Gasteiger partial charge in [-0.05, 0) is 48.9 Å². The predicted molar refractivity (Wildman–Crippen MR) is 94.1 cm³/mol. The van der Waals surface area contributed by atoms with Crippen LogP contribution in [-0.4, -0.2) is 12.0 Å². The second-order valence-electron chi connectivity index (χ2n) is 5.30. The fourth-order valence-electron chi connectivity index (χ4n) is 2.31. The van der Waals surface area contributed by atoms with Crippen molar-refractivity contribution in [2.45, 2.75) is 6.92 Å². The molecule has 0 aliphatic rings. The first-order valence-electron chi connectivity index (χ1n) is 7.45. The molecule has 1 aromatic heterocycles. The third kappa shape index (κ3) is 3.61. The Bertz CT molecular complexity index is 798. The molecule has 1 heterocycles. The van der Waals surface area contributed by atoms with E-state index in [1.807, 2.05) is 43.4 Å². The van der Waals surface area contributed by atoms with Crippen LogP contribution in [0.2, 0.25) is 0 Å². The zero-order valence-electron chi connectivity index (χ0n) is 13.2. The molecule has 0 N–H and O–H groups in total. The summed E-state index contributed by atoms with van der Waals surface area (Å²) in [7, 11) is 2.03. The van der Waals surface area contributed by atoms with Gasteiger partial charge in [-0.15, -0.1) is 10.2 Å². The minimum atomic E-state index is 0.738. The number of hydrogen-bond donors (Lipinski definition) is 0. The van der Waals surface area contributed by atoms with E-state index in [0.717, 1.165) is 28.3 Å². The fourth-order valence-corrected chi connectivity index (χ4v) is 2.31. The third-order valence-electron chi connectivity index (χ3n) is 3.55. The fraction of sp³-hybridized carbons (Fsp3) is 0.105. The lowest BCUT2D eigenvalue weighted by Gasteiger charge is -2.21. The highest BCUT2D eigenvalue weighted by molar-refractivity contribution is 5.74. The van der Waals surface area contributed by atoms with Crippen LogP contribution in [0.15, 0.2) is 83.3 Å². The number of rotatable bonds is 4. The number of anilines is 2. The number of aromatic nitrogens is 1. The quantitative estimate of drug-likeness (QED) is 0.591. The maximum absolute atomic E-state index is 4.43. The van der Waals surface area contributed by atoms with Crippen LogP contribution in [0.1, 0.15) is 5.56 Å². The number of benzene rings is 2. The summed E-state index contributed by atoms with van der Waals surface area (Å²) in [6, 6.07) is 20.1. The zero-order valence-corrected chi connectivity index (χ0v) is 13.2. The molecule has 0 aliphatic carbocycles. The van der Waals surface area contributed by atoms with Crippen molar-refractivity contribution < 1.29 is 0 Å². The molecule has 0 saturated carbocycles. The summed E-state index contributed by atoms with van der Waals surface area (Å²) in [6.45, 7) is 2.05. The molecule has 23 heavy (non-hydrogen) atoms. The number of aryl methyl sites for hydroxylation is 1. The summed E-state index contributed by atoms with van der Waals surface area (Å²) in [6.07, 6.45) is 3.42. The molecule has 0 fully saturated rings. The standard InChI is InChI=1S/C19H18N4/c1-15-10-11-19(23(2)17-8-4-3-5-9-17)18(13-15)22-21-16-7-6-12-20-14-16/h3-14H,1-2H3. The Labute approximate surface area is 136 Å². The molecule has 0 unspecified atom stereocenters. The Morgan fingerprint density at radius 3 is 2.48 bits per heavy atom. The molecule has 2 aromatic carbocycles. The largest absolute Gasteiger partial charge is 0.343 e. The highest BCUT2D eigenvalue weighted by Crippen LogP contribution is 2.34. The summed E-state index contributed by atoms with van der Waals surface area (Å²) in [5, 5.41) is 8.72. The van der Waals surface area contributed by atoms with E-state index in [2.05, 4.69) is 51.3 Å². The molecule has 0 radical (unpaired) electrons. The molecule has 0 saturated heterocycles. The molecule has 0 aliphatic heterocycles. The number of pyridine rings is 1. The lowest BCUT2D eigenvalue weighted by molar-refractivity contribution is 1.15. The molecule has 4 heteroatoms. The SMILES string of the molecule is Cc1ccc(N(C)c2ccccc2)c(N=Nc2cccnc2)c1. The van der Waals surface area contributed by atoms with Crippen LogP contribution in [0.4, 0.5) is 22.7 Å². The lowest BCUT2D eigenvalue weighted by atomic mass is 10.1. The predicted octanol–water partition coefficient (Wildman–Crippen LogP) is 5.57. The number of azo groups is 1. The average molecular weight is 302 g/mol. The van der Waals surface area contributed by atoms with Crippen molar-refractivity contribution in [2.75, 3.05) is 11.9 Å². The number of hydrogen-bond acceptors (Lipinski definition) is 4. The molecule has 114 valence electrons. The van der Waals surface area contributed by atoms with E-state index in [9.17, 15) is 0 Å². The van der Waals surface area contributed by atoms with Crippen LogP contribution in [0, 0.1) is 6.92 Å². The van der Waals surface area contributed by atoms with Crippen molar-refractivity contribution >= 4 is 22.7 Å². The van der Waals surface area contributed by atoms with Gasteiger partial charge in [0, 0.05) is 18.9 Å². The summed E-state index contributed by atoms with van der Waals surface area (Å²) in [4.78, 5) is 6.16. The van der Waals surface area contributed by atoms with Gasteiger partial charge in [0.25, 0.3) is 0 Å². The molecule has 3 rings (SSSR count). The molecule has 3 aromatic rings. The van der Waals surface area contributed by atoms with Gasteiger partial charge in [-0.25, -0.2) is 0 Å². The van der Waals surface area contributed by atoms with Crippen molar-refractivity contribution in [3.05, 3.63) is 78.6 Å². The second kappa shape index (κ2) is 6.83. The average Bonchev–Trinajstić information content (AvgIpc) is 2.61. The summed E-state index contributed by atoms with van der Waals surface area (Å²) in [5.74, 6) is 0. The number of nitrogens with zero attached hydrogens (tertiary/aromatic N) is 4. The van der Waals surface area contributed by atoms with Gasteiger partial charge in [0.15, 0.2) is 0 Å².